The number of amides is 1. The minimum atomic E-state index is -1.08. The molecule has 0 aliphatic carbocycles. The van der Waals surface area contributed by atoms with Crippen LogP contribution in [0.1, 0.15) is 24.5 Å². The van der Waals surface area contributed by atoms with Crippen LogP contribution in [0, 0.1) is 11.3 Å². The van der Waals surface area contributed by atoms with E-state index >= 15 is 0 Å². The van der Waals surface area contributed by atoms with Crippen molar-refractivity contribution < 1.29 is 14.4 Å². The number of oxime groups is 1. The number of hydrogen-bond acceptors (Lipinski definition) is 5. The van der Waals surface area contributed by atoms with Gasteiger partial charge in [-0.3, -0.25) is 4.79 Å². The van der Waals surface area contributed by atoms with Crippen LogP contribution >= 0.6 is 0 Å². The van der Waals surface area contributed by atoms with Gasteiger partial charge in [-0.25, -0.2) is 0 Å². The predicted molar refractivity (Wildman–Crippen MR) is 93.4 cm³/mol. The fourth-order valence-electron chi connectivity index (χ4n) is 2.49. The molecule has 0 aromatic heterocycles. The van der Waals surface area contributed by atoms with Gasteiger partial charge >= 0.3 is 0 Å². The molecule has 1 N–H and O–H groups in total. The standard InChI is InChI=1S/C19H17N3O3/c1-19(18(23)21-15-7-3-13(12-20)4-8-15)11-17(22-25-19)14-5-9-16(24-2)10-6-14/h3-10H,11H2,1-2H3,(H,21,23)/t19-/m0/s1. The van der Waals surface area contributed by atoms with E-state index in [1.54, 1.807) is 38.3 Å². The molecule has 0 saturated carbocycles. The van der Waals surface area contributed by atoms with E-state index < -0.39 is 5.60 Å². The number of rotatable bonds is 4. The third kappa shape index (κ3) is 3.45. The molecule has 6 heteroatoms. The molecule has 1 aliphatic rings. The van der Waals surface area contributed by atoms with Crippen molar-refractivity contribution >= 4 is 17.3 Å². The molecule has 1 aliphatic heterocycles. The van der Waals surface area contributed by atoms with Crippen LogP contribution in [-0.4, -0.2) is 24.3 Å². The molecule has 0 unspecified atom stereocenters. The minimum absolute atomic E-state index is 0.288. The monoisotopic (exact) mass is 335 g/mol. The zero-order valence-corrected chi connectivity index (χ0v) is 13.9. The van der Waals surface area contributed by atoms with Crippen LogP contribution in [0.4, 0.5) is 5.69 Å². The van der Waals surface area contributed by atoms with Crippen molar-refractivity contribution in [3.63, 3.8) is 0 Å². The van der Waals surface area contributed by atoms with Gasteiger partial charge in [0, 0.05) is 12.1 Å². The number of nitrogens with zero attached hydrogens (tertiary/aromatic N) is 2. The lowest BCUT2D eigenvalue weighted by Crippen LogP contribution is -2.40. The summed E-state index contributed by atoms with van der Waals surface area (Å²) in [6, 6.07) is 16.1. The first-order valence-electron chi connectivity index (χ1n) is 7.75. The second-order valence-corrected chi connectivity index (χ2v) is 5.91. The van der Waals surface area contributed by atoms with Crippen molar-refractivity contribution in [2.45, 2.75) is 18.9 Å². The molecular formula is C19H17N3O3. The number of carbonyl (C=O) groups excluding carboxylic acids is 1. The van der Waals surface area contributed by atoms with Crippen molar-refractivity contribution in [2.75, 3.05) is 12.4 Å². The van der Waals surface area contributed by atoms with Gasteiger partial charge in [0.2, 0.25) is 5.60 Å². The highest BCUT2D eigenvalue weighted by atomic mass is 16.7. The number of methoxy groups -OCH3 is 1. The Morgan fingerprint density at radius 3 is 2.52 bits per heavy atom. The van der Waals surface area contributed by atoms with Gasteiger partial charge in [0.05, 0.1) is 24.5 Å². The van der Waals surface area contributed by atoms with Gasteiger partial charge in [0.25, 0.3) is 5.91 Å². The van der Waals surface area contributed by atoms with Gasteiger partial charge in [0.1, 0.15) is 5.75 Å². The molecule has 1 atom stereocenters. The predicted octanol–water partition coefficient (Wildman–Crippen LogP) is 3.09. The summed E-state index contributed by atoms with van der Waals surface area (Å²) in [5, 5.41) is 15.7. The zero-order valence-electron chi connectivity index (χ0n) is 13.9. The molecular weight excluding hydrogens is 318 g/mol. The van der Waals surface area contributed by atoms with E-state index in [2.05, 4.69) is 10.5 Å². The first-order chi connectivity index (χ1) is 12.0. The van der Waals surface area contributed by atoms with Crippen LogP contribution in [0.25, 0.3) is 0 Å². The van der Waals surface area contributed by atoms with Crippen molar-refractivity contribution in [1.82, 2.24) is 0 Å². The highest BCUT2D eigenvalue weighted by molar-refractivity contribution is 6.07. The van der Waals surface area contributed by atoms with Crippen LogP contribution < -0.4 is 10.1 Å². The molecule has 25 heavy (non-hydrogen) atoms. The average Bonchev–Trinajstić information content (AvgIpc) is 3.06. The first-order valence-corrected chi connectivity index (χ1v) is 7.75. The molecule has 0 fully saturated rings. The number of nitriles is 1. The Labute approximate surface area is 145 Å². The number of benzene rings is 2. The smallest absolute Gasteiger partial charge is 0.271 e. The minimum Gasteiger partial charge on any atom is -0.497 e. The summed E-state index contributed by atoms with van der Waals surface area (Å²) in [5.74, 6) is 0.467. The summed E-state index contributed by atoms with van der Waals surface area (Å²) in [4.78, 5) is 18.0. The summed E-state index contributed by atoms with van der Waals surface area (Å²) in [5.41, 5.74) is 1.65. The number of anilines is 1. The summed E-state index contributed by atoms with van der Waals surface area (Å²) in [6.45, 7) is 1.70. The lowest BCUT2D eigenvalue weighted by atomic mass is 9.95. The normalized spacial score (nSPS) is 18.7. The summed E-state index contributed by atoms with van der Waals surface area (Å²) < 4.78 is 5.14. The number of carbonyl (C=O) groups is 1. The Kier molecular flexibility index (Phi) is 4.40. The van der Waals surface area contributed by atoms with Gasteiger partial charge in [0.15, 0.2) is 0 Å². The Balaban J connectivity index is 1.68. The SMILES string of the molecule is COc1ccc(C2=NO[C@](C)(C(=O)Nc3ccc(C#N)cc3)C2)cc1. The maximum absolute atomic E-state index is 12.6. The maximum Gasteiger partial charge on any atom is 0.271 e. The van der Waals surface area contributed by atoms with Crippen molar-refractivity contribution in [3.05, 3.63) is 59.7 Å². The molecule has 6 nitrogen and oxygen atoms in total. The summed E-state index contributed by atoms with van der Waals surface area (Å²) >= 11 is 0. The van der Waals surface area contributed by atoms with Crippen LogP contribution in [0.5, 0.6) is 5.75 Å². The van der Waals surface area contributed by atoms with Gasteiger partial charge < -0.3 is 14.9 Å². The van der Waals surface area contributed by atoms with E-state index in [9.17, 15) is 4.79 Å². The topological polar surface area (TPSA) is 83.7 Å². The number of ether oxygens (including phenoxy) is 1. The average molecular weight is 335 g/mol. The van der Waals surface area contributed by atoms with Crippen LogP contribution in [-0.2, 0) is 9.63 Å². The van der Waals surface area contributed by atoms with Gasteiger partial charge in [-0.2, -0.15) is 5.26 Å². The Morgan fingerprint density at radius 2 is 1.92 bits per heavy atom. The molecule has 2 aromatic rings. The number of nitrogens with one attached hydrogen (secondary N) is 1. The molecule has 0 saturated heterocycles. The Bertz CT molecular complexity index is 851. The molecule has 0 spiro atoms. The molecule has 126 valence electrons. The largest absolute Gasteiger partial charge is 0.497 e. The lowest BCUT2D eigenvalue weighted by Gasteiger charge is -2.20. The highest BCUT2D eigenvalue weighted by Crippen LogP contribution is 2.28. The zero-order chi connectivity index (χ0) is 17.9. The van der Waals surface area contributed by atoms with Crippen LogP contribution in [0.2, 0.25) is 0 Å². The summed E-state index contributed by atoms with van der Waals surface area (Å²) in [7, 11) is 1.61. The van der Waals surface area contributed by atoms with E-state index in [4.69, 9.17) is 14.8 Å². The van der Waals surface area contributed by atoms with E-state index in [0.717, 1.165) is 11.3 Å². The van der Waals surface area contributed by atoms with Gasteiger partial charge in [-0.05, 0) is 61.0 Å². The van der Waals surface area contributed by atoms with Gasteiger partial charge in [-0.1, -0.05) is 5.16 Å². The molecule has 0 radical (unpaired) electrons. The van der Waals surface area contributed by atoms with Crippen LogP contribution in [0.3, 0.4) is 0 Å². The first kappa shape index (κ1) is 16.5. The lowest BCUT2D eigenvalue weighted by molar-refractivity contribution is -0.135. The fraction of sp³-hybridized carbons (Fsp3) is 0.211. The molecule has 1 heterocycles. The van der Waals surface area contributed by atoms with E-state index in [1.807, 2.05) is 30.3 Å². The van der Waals surface area contributed by atoms with E-state index in [1.165, 1.54) is 0 Å². The fourth-order valence-corrected chi connectivity index (χ4v) is 2.49. The van der Waals surface area contributed by atoms with E-state index in [0.29, 0.717) is 23.4 Å². The summed E-state index contributed by atoms with van der Waals surface area (Å²) in [6.07, 6.45) is 0.363. The van der Waals surface area contributed by atoms with Crippen LogP contribution in [0.15, 0.2) is 53.7 Å². The maximum atomic E-state index is 12.6. The number of hydrogen-bond donors (Lipinski definition) is 1. The Hall–Kier alpha value is -3.33. The van der Waals surface area contributed by atoms with Crippen molar-refractivity contribution in [2.24, 2.45) is 5.16 Å². The third-order valence-corrected chi connectivity index (χ3v) is 4.04. The second kappa shape index (κ2) is 6.65. The van der Waals surface area contributed by atoms with E-state index in [-0.39, 0.29) is 5.91 Å². The quantitative estimate of drug-likeness (QED) is 0.930. The highest BCUT2D eigenvalue weighted by Gasteiger charge is 2.42. The molecule has 0 bridgehead atoms. The molecule has 2 aromatic carbocycles. The van der Waals surface area contributed by atoms with Crippen molar-refractivity contribution in [1.29, 1.82) is 5.26 Å². The third-order valence-electron chi connectivity index (χ3n) is 4.04. The Morgan fingerprint density at radius 1 is 1.24 bits per heavy atom. The molecule has 3 rings (SSSR count). The second-order valence-electron chi connectivity index (χ2n) is 5.91. The van der Waals surface area contributed by atoms with Crippen molar-refractivity contribution in [3.8, 4) is 11.8 Å². The molecule has 1 amide bonds. The van der Waals surface area contributed by atoms with Gasteiger partial charge in [-0.15, -0.1) is 0 Å².